The van der Waals surface area contributed by atoms with E-state index in [0.29, 0.717) is 6.04 Å². The Bertz CT molecular complexity index is 213. The largest absolute Gasteiger partial charge is 0.311 e. The second kappa shape index (κ2) is 5.05. The average molecular weight is 224 g/mol. The molecule has 0 spiro atoms. The molecular formula is C14H28N2. The maximum Gasteiger partial charge on any atom is 0.0111 e. The lowest BCUT2D eigenvalue weighted by atomic mass is 9.96. The normalized spacial score (nSPS) is 36.9. The van der Waals surface area contributed by atoms with Crippen molar-refractivity contribution < 1.29 is 0 Å². The van der Waals surface area contributed by atoms with Crippen molar-refractivity contribution in [3.8, 4) is 0 Å². The molecule has 2 rings (SSSR count). The number of hydrogen-bond donors (Lipinski definition) is 1. The van der Waals surface area contributed by atoms with E-state index in [-0.39, 0.29) is 0 Å². The number of nitrogens with zero attached hydrogens (tertiary/aromatic N) is 1. The fourth-order valence-electron chi connectivity index (χ4n) is 3.73. The van der Waals surface area contributed by atoms with Crippen molar-refractivity contribution in [1.29, 1.82) is 0 Å². The monoisotopic (exact) mass is 224 g/mol. The molecule has 2 heteroatoms. The van der Waals surface area contributed by atoms with Crippen LogP contribution in [0.3, 0.4) is 0 Å². The van der Waals surface area contributed by atoms with Gasteiger partial charge in [0.15, 0.2) is 0 Å². The van der Waals surface area contributed by atoms with Crippen LogP contribution in [0.5, 0.6) is 0 Å². The van der Waals surface area contributed by atoms with Gasteiger partial charge in [0.1, 0.15) is 0 Å². The quantitative estimate of drug-likeness (QED) is 0.790. The Morgan fingerprint density at radius 2 is 1.69 bits per heavy atom. The van der Waals surface area contributed by atoms with Crippen LogP contribution in [-0.2, 0) is 0 Å². The van der Waals surface area contributed by atoms with Crippen molar-refractivity contribution in [3.05, 3.63) is 0 Å². The van der Waals surface area contributed by atoms with E-state index in [1.807, 2.05) is 0 Å². The van der Waals surface area contributed by atoms with Crippen LogP contribution in [0, 0.1) is 5.92 Å². The van der Waals surface area contributed by atoms with Crippen molar-refractivity contribution >= 4 is 0 Å². The highest BCUT2D eigenvalue weighted by Gasteiger charge is 2.38. The van der Waals surface area contributed by atoms with Crippen LogP contribution in [0.15, 0.2) is 0 Å². The molecule has 0 saturated carbocycles. The van der Waals surface area contributed by atoms with Gasteiger partial charge in [-0.2, -0.15) is 0 Å². The van der Waals surface area contributed by atoms with E-state index in [1.165, 1.54) is 32.1 Å². The molecule has 0 aromatic carbocycles. The van der Waals surface area contributed by atoms with E-state index >= 15 is 0 Å². The molecule has 2 saturated heterocycles. The number of nitrogens with one attached hydrogen (secondary N) is 1. The third-order valence-corrected chi connectivity index (χ3v) is 4.44. The fraction of sp³-hybridized carbons (Fsp3) is 1.00. The van der Waals surface area contributed by atoms with E-state index in [9.17, 15) is 0 Å². The summed E-state index contributed by atoms with van der Waals surface area (Å²) in [6.07, 6.45) is 6.91. The zero-order chi connectivity index (χ0) is 11.7. The summed E-state index contributed by atoms with van der Waals surface area (Å²) in [4.78, 5) is 2.62. The minimum absolute atomic E-state index is 0.688. The molecule has 0 aromatic heterocycles. The Balaban J connectivity index is 1.80. The molecule has 2 nitrogen and oxygen atoms in total. The molecule has 94 valence electrons. The lowest BCUT2D eigenvalue weighted by Gasteiger charge is -2.38. The maximum atomic E-state index is 3.84. The second-order valence-electron chi connectivity index (χ2n) is 6.42. The molecule has 0 radical (unpaired) electrons. The minimum Gasteiger partial charge on any atom is -0.311 e. The van der Waals surface area contributed by atoms with Crippen LogP contribution in [-0.4, -0.2) is 36.1 Å². The molecule has 0 aromatic rings. The Hall–Kier alpha value is -0.0800. The molecule has 3 atom stereocenters. The first-order valence-electron chi connectivity index (χ1n) is 7.04. The maximum absolute atomic E-state index is 3.84. The first kappa shape index (κ1) is 12.4. The van der Waals surface area contributed by atoms with Crippen molar-refractivity contribution in [2.75, 3.05) is 7.05 Å². The summed E-state index contributed by atoms with van der Waals surface area (Å²) >= 11 is 0. The third kappa shape index (κ3) is 2.78. The molecule has 2 aliphatic heterocycles. The summed E-state index contributed by atoms with van der Waals surface area (Å²) in [6.45, 7) is 6.98. The van der Waals surface area contributed by atoms with Gasteiger partial charge in [0.2, 0.25) is 0 Å². The van der Waals surface area contributed by atoms with Crippen molar-refractivity contribution in [3.63, 3.8) is 0 Å². The number of fused-ring (bicyclic) bond motifs is 2. The summed E-state index contributed by atoms with van der Waals surface area (Å²) in [6, 6.07) is 3.19. The molecule has 2 bridgehead atoms. The standard InChI is InChI=1S/C14H28N2/c1-10(2)7-11(3)15-12-8-13-5-6-14(9-12)16(13)4/h10-15H,5-9H2,1-4H3. The van der Waals surface area contributed by atoms with Gasteiger partial charge in [-0.3, -0.25) is 0 Å². The van der Waals surface area contributed by atoms with Crippen molar-refractivity contribution in [1.82, 2.24) is 10.2 Å². The lowest BCUT2D eigenvalue weighted by molar-refractivity contribution is 0.142. The van der Waals surface area contributed by atoms with Crippen LogP contribution in [0.1, 0.15) is 52.9 Å². The predicted molar refractivity (Wildman–Crippen MR) is 69.6 cm³/mol. The fourth-order valence-corrected chi connectivity index (χ4v) is 3.73. The number of piperidine rings is 1. The van der Waals surface area contributed by atoms with Crippen LogP contribution in [0.2, 0.25) is 0 Å². The van der Waals surface area contributed by atoms with Gasteiger partial charge in [-0.25, -0.2) is 0 Å². The Kier molecular flexibility index (Phi) is 3.91. The number of hydrogen-bond acceptors (Lipinski definition) is 2. The first-order chi connectivity index (χ1) is 7.56. The van der Waals surface area contributed by atoms with Crippen molar-refractivity contribution in [2.24, 2.45) is 5.92 Å². The van der Waals surface area contributed by atoms with Crippen molar-refractivity contribution in [2.45, 2.75) is 77.0 Å². The molecule has 16 heavy (non-hydrogen) atoms. The Morgan fingerprint density at radius 1 is 1.12 bits per heavy atom. The predicted octanol–water partition coefficient (Wildman–Crippen LogP) is 2.64. The van der Waals surface area contributed by atoms with Crippen LogP contribution in [0.25, 0.3) is 0 Å². The molecular weight excluding hydrogens is 196 g/mol. The highest BCUT2D eigenvalue weighted by Crippen LogP contribution is 2.34. The highest BCUT2D eigenvalue weighted by atomic mass is 15.2. The third-order valence-electron chi connectivity index (χ3n) is 4.44. The average Bonchev–Trinajstić information content (AvgIpc) is 2.43. The smallest absolute Gasteiger partial charge is 0.0111 e. The van der Waals surface area contributed by atoms with E-state index < -0.39 is 0 Å². The SMILES string of the molecule is CC(C)CC(C)NC1CC2CCC(C1)N2C. The zero-order valence-corrected chi connectivity index (χ0v) is 11.4. The van der Waals surface area contributed by atoms with E-state index in [4.69, 9.17) is 0 Å². The zero-order valence-electron chi connectivity index (χ0n) is 11.4. The number of rotatable bonds is 4. The summed E-state index contributed by atoms with van der Waals surface area (Å²) in [5.41, 5.74) is 0. The minimum atomic E-state index is 0.688. The van der Waals surface area contributed by atoms with Gasteiger partial charge in [-0.15, -0.1) is 0 Å². The topological polar surface area (TPSA) is 15.3 Å². The summed E-state index contributed by atoms with van der Waals surface area (Å²) in [5.74, 6) is 0.811. The van der Waals surface area contributed by atoms with Gasteiger partial charge in [0.05, 0.1) is 0 Å². The van der Waals surface area contributed by atoms with E-state index in [1.54, 1.807) is 0 Å². The van der Waals surface area contributed by atoms with Gasteiger partial charge in [0, 0.05) is 24.2 Å². The van der Waals surface area contributed by atoms with Gasteiger partial charge >= 0.3 is 0 Å². The molecule has 2 fully saturated rings. The van der Waals surface area contributed by atoms with E-state index in [2.05, 4.69) is 38.0 Å². The van der Waals surface area contributed by atoms with Crippen LogP contribution >= 0.6 is 0 Å². The van der Waals surface area contributed by atoms with Gasteiger partial charge in [-0.1, -0.05) is 13.8 Å². The van der Waals surface area contributed by atoms with Gasteiger partial charge in [0.25, 0.3) is 0 Å². The highest BCUT2D eigenvalue weighted by molar-refractivity contribution is 4.96. The molecule has 2 aliphatic rings. The molecule has 0 amide bonds. The molecule has 1 N–H and O–H groups in total. The second-order valence-corrected chi connectivity index (χ2v) is 6.42. The molecule has 3 unspecified atom stereocenters. The Morgan fingerprint density at radius 3 is 2.19 bits per heavy atom. The Labute approximate surface area is 101 Å². The van der Waals surface area contributed by atoms with Crippen LogP contribution < -0.4 is 5.32 Å². The van der Waals surface area contributed by atoms with E-state index in [0.717, 1.165) is 24.0 Å². The summed E-state index contributed by atoms with van der Waals surface area (Å²) in [7, 11) is 2.32. The van der Waals surface area contributed by atoms with Gasteiger partial charge in [-0.05, 0) is 52.0 Å². The van der Waals surface area contributed by atoms with Crippen LogP contribution in [0.4, 0.5) is 0 Å². The summed E-state index contributed by atoms with van der Waals surface area (Å²) < 4.78 is 0. The lowest BCUT2D eigenvalue weighted by Crippen LogP contribution is -2.49. The molecule has 2 heterocycles. The molecule has 0 aliphatic carbocycles. The first-order valence-corrected chi connectivity index (χ1v) is 7.04. The summed E-state index contributed by atoms with van der Waals surface area (Å²) in [5, 5.41) is 3.84. The van der Waals surface area contributed by atoms with Gasteiger partial charge < -0.3 is 10.2 Å².